The van der Waals surface area contributed by atoms with Gasteiger partial charge >= 0.3 is 5.97 Å². The van der Waals surface area contributed by atoms with Gasteiger partial charge < -0.3 is 10.2 Å². The molecule has 22 heavy (non-hydrogen) atoms. The van der Waals surface area contributed by atoms with E-state index in [4.69, 9.17) is 0 Å². The van der Waals surface area contributed by atoms with Crippen molar-refractivity contribution in [3.05, 3.63) is 64.7 Å². The molecule has 112 valence electrons. The summed E-state index contributed by atoms with van der Waals surface area (Å²) in [5.41, 5.74) is 1.14. The van der Waals surface area contributed by atoms with Crippen LogP contribution in [0.4, 0.5) is 0 Å². The van der Waals surface area contributed by atoms with Gasteiger partial charge in [0, 0.05) is 5.56 Å². The van der Waals surface area contributed by atoms with E-state index < -0.39 is 11.4 Å². The lowest BCUT2D eigenvalue weighted by Gasteiger charge is -2.20. The number of hydrogen-bond acceptors (Lipinski definition) is 3. The maximum atomic E-state index is 12.5. The minimum Gasteiger partial charge on any atom is -0.507 e. The van der Waals surface area contributed by atoms with Crippen molar-refractivity contribution >= 4 is 11.8 Å². The molecule has 2 N–H and O–H groups in total. The molecule has 1 atom stereocenters. The van der Waals surface area contributed by atoms with E-state index in [1.165, 1.54) is 6.07 Å². The number of benzene rings is 2. The number of aliphatic carboxylic acids is 1. The molecule has 2 aromatic carbocycles. The molecule has 4 nitrogen and oxygen atoms in total. The summed E-state index contributed by atoms with van der Waals surface area (Å²) in [6, 6.07) is 11.8. The van der Waals surface area contributed by atoms with Gasteiger partial charge in [-0.1, -0.05) is 30.3 Å². The van der Waals surface area contributed by atoms with Crippen molar-refractivity contribution in [1.82, 2.24) is 0 Å². The van der Waals surface area contributed by atoms with Crippen LogP contribution in [0.1, 0.15) is 40.4 Å². The van der Waals surface area contributed by atoms with E-state index in [-0.39, 0.29) is 17.1 Å². The highest BCUT2D eigenvalue weighted by molar-refractivity contribution is 6.11. The average Bonchev–Trinajstić information content (AvgIpc) is 2.85. The van der Waals surface area contributed by atoms with Crippen LogP contribution >= 0.6 is 0 Å². The zero-order valence-electron chi connectivity index (χ0n) is 12.2. The third-order valence-electron chi connectivity index (χ3n) is 4.46. The SMILES string of the molecule is CC1(C(=O)O)CCc2cc(C(=O)c3ccccc3)c(O)cc21. The molecule has 0 bridgehead atoms. The van der Waals surface area contributed by atoms with Crippen molar-refractivity contribution in [2.24, 2.45) is 0 Å². The standard InChI is InChI=1S/C18H16O4/c1-18(17(21)22)8-7-12-9-13(15(19)10-14(12)18)16(20)11-5-3-2-4-6-11/h2-6,9-10,19H,7-8H2,1H3,(H,21,22). The highest BCUT2D eigenvalue weighted by atomic mass is 16.4. The smallest absolute Gasteiger partial charge is 0.313 e. The number of carboxylic acid groups (broad SMARTS) is 1. The Hall–Kier alpha value is -2.62. The normalized spacial score (nSPS) is 19.7. The zero-order chi connectivity index (χ0) is 15.9. The van der Waals surface area contributed by atoms with Gasteiger partial charge in [-0.05, 0) is 43.0 Å². The van der Waals surface area contributed by atoms with E-state index in [9.17, 15) is 19.8 Å². The van der Waals surface area contributed by atoms with E-state index in [0.717, 1.165) is 5.56 Å². The highest BCUT2D eigenvalue weighted by Gasteiger charge is 2.42. The predicted octanol–water partition coefficient (Wildman–Crippen LogP) is 2.91. The predicted molar refractivity (Wildman–Crippen MR) is 81.3 cm³/mol. The summed E-state index contributed by atoms with van der Waals surface area (Å²) >= 11 is 0. The number of carbonyl (C=O) groups is 2. The van der Waals surface area contributed by atoms with Gasteiger partial charge in [-0.25, -0.2) is 0 Å². The van der Waals surface area contributed by atoms with Gasteiger partial charge in [0.2, 0.25) is 0 Å². The number of ketones is 1. The molecule has 0 saturated heterocycles. The molecule has 0 fully saturated rings. The number of carboxylic acids is 1. The Morgan fingerprint density at radius 1 is 1.14 bits per heavy atom. The monoisotopic (exact) mass is 296 g/mol. The molecule has 0 amide bonds. The first-order valence-electron chi connectivity index (χ1n) is 7.13. The molecule has 0 radical (unpaired) electrons. The lowest BCUT2D eigenvalue weighted by Crippen LogP contribution is -2.29. The fraction of sp³-hybridized carbons (Fsp3) is 0.222. The van der Waals surface area contributed by atoms with Crippen LogP contribution < -0.4 is 0 Å². The third kappa shape index (κ3) is 2.08. The molecule has 0 spiro atoms. The van der Waals surface area contributed by atoms with Crippen LogP contribution in [-0.2, 0) is 16.6 Å². The van der Waals surface area contributed by atoms with Crippen LogP contribution in [0, 0.1) is 0 Å². The minimum absolute atomic E-state index is 0.165. The van der Waals surface area contributed by atoms with Crippen LogP contribution in [0.25, 0.3) is 0 Å². The maximum Gasteiger partial charge on any atom is 0.313 e. The molecule has 0 heterocycles. The Balaban J connectivity index is 2.08. The second kappa shape index (κ2) is 4.98. The van der Waals surface area contributed by atoms with Crippen LogP contribution in [0.15, 0.2) is 42.5 Å². The number of phenols is 1. The van der Waals surface area contributed by atoms with Crippen LogP contribution in [0.2, 0.25) is 0 Å². The lowest BCUT2D eigenvalue weighted by molar-refractivity contribution is -0.143. The number of aromatic hydroxyl groups is 1. The Bertz CT molecular complexity index is 764. The first-order valence-corrected chi connectivity index (χ1v) is 7.13. The number of phenolic OH excluding ortho intramolecular Hbond substituents is 1. The molecule has 3 rings (SSSR count). The number of aryl methyl sites for hydroxylation is 1. The van der Waals surface area contributed by atoms with Gasteiger partial charge in [-0.15, -0.1) is 0 Å². The van der Waals surface area contributed by atoms with Crippen LogP contribution in [0.5, 0.6) is 5.75 Å². The second-order valence-electron chi connectivity index (χ2n) is 5.86. The first kappa shape index (κ1) is 14.3. The summed E-state index contributed by atoms with van der Waals surface area (Å²) in [4.78, 5) is 24.0. The van der Waals surface area contributed by atoms with Crippen molar-refractivity contribution in [3.8, 4) is 5.75 Å². The topological polar surface area (TPSA) is 74.6 Å². The molecule has 2 aromatic rings. The van der Waals surface area contributed by atoms with E-state index in [2.05, 4.69) is 0 Å². The molecule has 0 saturated carbocycles. The Morgan fingerprint density at radius 3 is 2.45 bits per heavy atom. The van der Waals surface area contributed by atoms with Crippen molar-refractivity contribution in [1.29, 1.82) is 0 Å². The van der Waals surface area contributed by atoms with E-state index >= 15 is 0 Å². The average molecular weight is 296 g/mol. The number of carbonyl (C=O) groups excluding carboxylic acids is 1. The summed E-state index contributed by atoms with van der Waals surface area (Å²) in [7, 11) is 0. The van der Waals surface area contributed by atoms with Crippen molar-refractivity contribution in [2.45, 2.75) is 25.2 Å². The molecule has 4 heteroatoms. The minimum atomic E-state index is -0.999. The van der Waals surface area contributed by atoms with Crippen LogP contribution in [0.3, 0.4) is 0 Å². The second-order valence-corrected chi connectivity index (χ2v) is 5.86. The lowest BCUT2D eigenvalue weighted by atomic mass is 9.83. The van der Waals surface area contributed by atoms with Crippen molar-refractivity contribution in [2.75, 3.05) is 0 Å². The molecule has 0 aromatic heterocycles. The first-order chi connectivity index (χ1) is 10.4. The number of fused-ring (bicyclic) bond motifs is 1. The summed E-state index contributed by atoms with van der Waals surface area (Å²) in [5, 5.41) is 19.6. The van der Waals surface area contributed by atoms with Gasteiger partial charge in [-0.3, -0.25) is 9.59 Å². The summed E-state index contributed by atoms with van der Waals surface area (Å²) in [6.07, 6.45) is 1.06. The molecule has 1 unspecified atom stereocenters. The van der Waals surface area contributed by atoms with Gasteiger partial charge in [0.25, 0.3) is 0 Å². The number of rotatable bonds is 3. The quantitative estimate of drug-likeness (QED) is 0.854. The highest BCUT2D eigenvalue weighted by Crippen LogP contribution is 2.42. The number of hydrogen-bond donors (Lipinski definition) is 2. The van der Waals surface area contributed by atoms with Gasteiger partial charge in [0.05, 0.1) is 11.0 Å². The molecule has 1 aliphatic rings. The largest absolute Gasteiger partial charge is 0.507 e. The van der Waals surface area contributed by atoms with Crippen LogP contribution in [-0.4, -0.2) is 22.0 Å². The van der Waals surface area contributed by atoms with Crippen molar-refractivity contribution in [3.63, 3.8) is 0 Å². The Kier molecular flexibility index (Phi) is 3.24. The fourth-order valence-corrected chi connectivity index (χ4v) is 3.02. The summed E-state index contributed by atoms with van der Waals surface area (Å²) < 4.78 is 0. The van der Waals surface area contributed by atoms with E-state index in [1.807, 2.05) is 6.07 Å². The van der Waals surface area contributed by atoms with E-state index in [1.54, 1.807) is 37.3 Å². The Morgan fingerprint density at radius 2 is 1.82 bits per heavy atom. The zero-order valence-corrected chi connectivity index (χ0v) is 12.2. The molecule has 1 aliphatic carbocycles. The third-order valence-corrected chi connectivity index (χ3v) is 4.46. The fourth-order valence-electron chi connectivity index (χ4n) is 3.02. The van der Waals surface area contributed by atoms with Gasteiger partial charge in [0.1, 0.15) is 5.75 Å². The summed E-state index contributed by atoms with van der Waals surface area (Å²) in [6.45, 7) is 1.65. The van der Waals surface area contributed by atoms with Crippen molar-refractivity contribution < 1.29 is 19.8 Å². The van der Waals surface area contributed by atoms with Gasteiger partial charge in [-0.2, -0.15) is 0 Å². The molecular formula is C18H16O4. The van der Waals surface area contributed by atoms with Gasteiger partial charge in [0.15, 0.2) is 5.78 Å². The molecule has 0 aliphatic heterocycles. The summed E-state index contributed by atoms with van der Waals surface area (Å²) in [5.74, 6) is -1.33. The molecular weight excluding hydrogens is 280 g/mol. The maximum absolute atomic E-state index is 12.5. The van der Waals surface area contributed by atoms with E-state index in [0.29, 0.717) is 24.0 Å². The Labute approximate surface area is 128 Å².